The molecule has 0 N–H and O–H groups in total. The topological polar surface area (TPSA) is 15.6 Å². The lowest BCUT2D eigenvalue weighted by molar-refractivity contribution is 0.593. The van der Waals surface area contributed by atoms with Crippen molar-refractivity contribution in [2.45, 2.75) is 0 Å². The number of rotatable bonds is 1. The van der Waals surface area contributed by atoms with E-state index in [1.54, 1.807) is 24.1 Å². The molecule has 0 amide bonds. The van der Waals surface area contributed by atoms with Gasteiger partial charge >= 0.3 is 0 Å². The highest BCUT2D eigenvalue weighted by molar-refractivity contribution is 7.98. The van der Waals surface area contributed by atoms with Gasteiger partial charge in [0.1, 0.15) is 11.7 Å². The number of nitrogens with zero attached hydrogens (tertiary/aromatic N) is 2. The molecule has 0 bridgehead atoms. The highest BCUT2D eigenvalue weighted by Crippen LogP contribution is 2.27. The maximum Gasteiger partial charge on any atom is 0.148 e. The number of benzene rings is 1. The van der Waals surface area contributed by atoms with E-state index in [-0.39, 0.29) is 5.82 Å². The molecule has 86 valence electrons. The van der Waals surface area contributed by atoms with Crippen LogP contribution in [0.2, 0.25) is 0 Å². The van der Waals surface area contributed by atoms with Gasteiger partial charge in [-0.25, -0.2) is 4.39 Å². The van der Waals surface area contributed by atoms with E-state index in [4.69, 9.17) is 0 Å². The number of fused-ring (bicyclic) bond motifs is 1. The molecule has 3 rings (SSSR count). The van der Waals surface area contributed by atoms with E-state index in [1.807, 2.05) is 24.4 Å². The molecule has 0 saturated carbocycles. The summed E-state index contributed by atoms with van der Waals surface area (Å²) in [7, 11) is 0. The molecule has 0 aliphatic carbocycles. The SMILES string of the molecule is Fc1cccc(C2=CC=CN3CCSN=C23)c1. The van der Waals surface area contributed by atoms with Gasteiger partial charge in [0.25, 0.3) is 0 Å². The van der Waals surface area contributed by atoms with E-state index in [0.29, 0.717) is 0 Å². The summed E-state index contributed by atoms with van der Waals surface area (Å²) in [4.78, 5) is 2.11. The summed E-state index contributed by atoms with van der Waals surface area (Å²) in [5.74, 6) is 1.70. The van der Waals surface area contributed by atoms with Crippen LogP contribution < -0.4 is 0 Å². The first kappa shape index (κ1) is 10.6. The van der Waals surface area contributed by atoms with Crippen molar-refractivity contribution in [3.8, 4) is 0 Å². The van der Waals surface area contributed by atoms with Crippen LogP contribution >= 0.6 is 11.9 Å². The molecule has 0 aromatic heterocycles. The molecule has 0 spiro atoms. The third-order valence-electron chi connectivity index (χ3n) is 2.75. The number of hydrogen-bond donors (Lipinski definition) is 0. The Morgan fingerprint density at radius 1 is 1.35 bits per heavy atom. The van der Waals surface area contributed by atoms with E-state index in [1.165, 1.54) is 6.07 Å². The maximum atomic E-state index is 13.2. The monoisotopic (exact) mass is 246 g/mol. The van der Waals surface area contributed by atoms with E-state index < -0.39 is 0 Å². The highest BCUT2D eigenvalue weighted by atomic mass is 32.2. The second kappa shape index (κ2) is 4.37. The van der Waals surface area contributed by atoms with Crippen molar-refractivity contribution in [3.63, 3.8) is 0 Å². The van der Waals surface area contributed by atoms with Crippen molar-refractivity contribution in [1.29, 1.82) is 0 Å². The van der Waals surface area contributed by atoms with Gasteiger partial charge in [0.05, 0.1) is 0 Å². The van der Waals surface area contributed by atoms with Crippen molar-refractivity contribution in [3.05, 3.63) is 54.0 Å². The van der Waals surface area contributed by atoms with Gasteiger partial charge in [-0.05, 0) is 41.8 Å². The number of halogens is 1. The summed E-state index contributed by atoms with van der Waals surface area (Å²) >= 11 is 1.56. The van der Waals surface area contributed by atoms with Crippen molar-refractivity contribution in [1.82, 2.24) is 4.90 Å². The summed E-state index contributed by atoms with van der Waals surface area (Å²) in [5.41, 5.74) is 1.86. The molecule has 0 saturated heterocycles. The van der Waals surface area contributed by atoms with Gasteiger partial charge in [0.2, 0.25) is 0 Å². The van der Waals surface area contributed by atoms with Crippen LogP contribution in [0, 0.1) is 5.82 Å². The Hall–Kier alpha value is -1.55. The molecule has 2 aliphatic rings. The minimum absolute atomic E-state index is 0.214. The van der Waals surface area contributed by atoms with Crippen molar-refractivity contribution in [2.75, 3.05) is 12.3 Å². The first-order valence-corrected chi connectivity index (χ1v) is 6.40. The van der Waals surface area contributed by atoms with Crippen LogP contribution in [-0.4, -0.2) is 23.0 Å². The third-order valence-corrected chi connectivity index (χ3v) is 3.42. The van der Waals surface area contributed by atoms with Gasteiger partial charge in [-0.1, -0.05) is 12.1 Å². The molecular weight excluding hydrogens is 235 g/mol. The third kappa shape index (κ3) is 2.00. The first-order chi connectivity index (χ1) is 8.34. The Morgan fingerprint density at radius 2 is 2.29 bits per heavy atom. The molecule has 1 aromatic rings. The zero-order chi connectivity index (χ0) is 11.7. The fourth-order valence-corrected chi connectivity index (χ4v) is 2.65. The predicted molar refractivity (Wildman–Crippen MR) is 70.1 cm³/mol. The van der Waals surface area contributed by atoms with Crippen LogP contribution in [0.3, 0.4) is 0 Å². The Balaban J connectivity index is 2.05. The average molecular weight is 246 g/mol. The molecule has 2 nitrogen and oxygen atoms in total. The van der Waals surface area contributed by atoms with Gasteiger partial charge < -0.3 is 4.90 Å². The Morgan fingerprint density at radius 3 is 3.18 bits per heavy atom. The summed E-state index contributed by atoms with van der Waals surface area (Å²) in [6.45, 7) is 0.951. The maximum absolute atomic E-state index is 13.2. The second-order valence-corrected chi connectivity index (χ2v) is 4.72. The summed E-state index contributed by atoms with van der Waals surface area (Å²) in [6.07, 6.45) is 5.98. The first-order valence-electron chi connectivity index (χ1n) is 5.46. The van der Waals surface area contributed by atoms with E-state index in [9.17, 15) is 4.39 Å². The fraction of sp³-hybridized carbons (Fsp3) is 0.154. The van der Waals surface area contributed by atoms with Gasteiger partial charge in [-0.3, -0.25) is 0 Å². The molecule has 17 heavy (non-hydrogen) atoms. The summed E-state index contributed by atoms with van der Waals surface area (Å²) in [6, 6.07) is 6.64. The Bertz CT molecular complexity index is 534. The van der Waals surface area contributed by atoms with Crippen LogP contribution in [-0.2, 0) is 0 Å². The average Bonchev–Trinajstić information content (AvgIpc) is 2.38. The van der Waals surface area contributed by atoms with E-state index >= 15 is 0 Å². The molecule has 0 atom stereocenters. The minimum Gasteiger partial charge on any atom is -0.331 e. The van der Waals surface area contributed by atoms with Gasteiger partial charge in [-0.15, -0.1) is 0 Å². The summed E-state index contributed by atoms with van der Waals surface area (Å²) < 4.78 is 17.7. The van der Waals surface area contributed by atoms with Gasteiger partial charge in [0, 0.05) is 24.1 Å². The lowest BCUT2D eigenvalue weighted by Crippen LogP contribution is -2.32. The zero-order valence-corrected chi connectivity index (χ0v) is 9.95. The predicted octanol–water partition coefficient (Wildman–Crippen LogP) is 3.10. The van der Waals surface area contributed by atoms with Crippen molar-refractivity contribution < 1.29 is 4.39 Å². The lowest BCUT2D eigenvalue weighted by Gasteiger charge is -2.29. The number of amidine groups is 1. The van der Waals surface area contributed by atoms with Crippen molar-refractivity contribution >= 4 is 23.4 Å². The molecule has 2 aliphatic heterocycles. The minimum atomic E-state index is -0.214. The van der Waals surface area contributed by atoms with Crippen LogP contribution in [0.15, 0.2) is 47.0 Å². The van der Waals surface area contributed by atoms with Gasteiger partial charge in [0.15, 0.2) is 0 Å². The molecule has 4 heteroatoms. The Labute approximate surface area is 104 Å². The largest absolute Gasteiger partial charge is 0.331 e. The van der Waals surface area contributed by atoms with Crippen LogP contribution in [0.4, 0.5) is 4.39 Å². The zero-order valence-electron chi connectivity index (χ0n) is 9.14. The lowest BCUT2D eigenvalue weighted by atomic mass is 10.0. The molecule has 0 radical (unpaired) electrons. The quantitative estimate of drug-likeness (QED) is 0.708. The fourth-order valence-electron chi connectivity index (χ4n) is 1.95. The number of hydrogen-bond acceptors (Lipinski definition) is 3. The molecule has 1 aromatic carbocycles. The normalized spacial score (nSPS) is 18.5. The van der Waals surface area contributed by atoms with Crippen molar-refractivity contribution in [2.24, 2.45) is 4.40 Å². The van der Waals surface area contributed by atoms with Crippen LogP contribution in [0.25, 0.3) is 5.57 Å². The molecule has 0 fully saturated rings. The van der Waals surface area contributed by atoms with Gasteiger partial charge in [-0.2, -0.15) is 4.40 Å². The van der Waals surface area contributed by atoms with E-state index in [0.717, 1.165) is 29.3 Å². The Kier molecular flexibility index (Phi) is 2.73. The molecular formula is C13H11FN2S. The highest BCUT2D eigenvalue weighted by Gasteiger charge is 2.21. The van der Waals surface area contributed by atoms with Crippen LogP contribution in [0.5, 0.6) is 0 Å². The van der Waals surface area contributed by atoms with Crippen LogP contribution in [0.1, 0.15) is 5.56 Å². The molecule has 0 unspecified atom stereocenters. The molecule has 2 heterocycles. The summed E-state index contributed by atoms with van der Waals surface area (Å²) in [5, 5.41) is 0. The second-order valence-electron chi connectivity index (χ2n) is 3.87. The van der Waals surface area contributed by atoms with E-state index in [2.05, 4.69) is 9.30 Å². The number of allylic oxidation sites excluding steroid dienone is 2. The smallest absolute Gasteiger partial charge is 0.148 e. The standard InChI is InChI=1S/C13H11FN2S/c14-11-4-1-3-10(9-11)12-5-2-6-16-7-8-17-15-13(12)16/h1-6,9H,7-8H2.